The average Bonchev–Trinajstić information content (AvgIpc) is 3.38. The minimum atomic E-state index is -0.321. The Kier molecular flexibility index (Phi) is 11.1. The third-order valence-electron chi connectivity index (χ3n) is 6.98. The normalized spacial score (nSPS) is 11.3. The third-order valence-corrected chi connectivity index (χ3v) is 6.98. The van der Waals surface area contributed by atoms with E-state index in [1.807, 2.05) is 30.5 Å². The second-order valence-electron chi connectivity index (χ2n) is 10.3. The molecule has 2 aromatic heterocycles. The highest BCUT2D eigenvalue weighted by Crippen LogP contribution is 2.26. The topological polar surface area (TPSA) is 165 Å². The van der Waals surface area contributed by atoms with Gasteiger partial charge in [0.15, 0.2) is 5.96 Å². The molecule has 0 saturated heterocycles. The van der Waals surface area contributed by atoms with Crippen molar-refractivity contribution >= 4 is 17.0 Å². The Morgan fingerprint density at radius 3 is 2.46 bits per heavy atom. The van der Waals surface area contributed by atoms with Crippen LogP contribution in [-0.4, -0.2) is 53.2 Å². The number of fused-ring (bicyclic) bond motifs is 1. The first-order valence-corrected chi connectivity index (χ1v) is 14.5. The summed E-state index contributed by atoms with van der Waals surface area (Å²) in [5.41, 5.74) is 23.2. The van der Waals surface area contributed by atoms with Crippen LogP contribution in [0.25, 0.3) is 28.0 Å². The molecule has 4 rings (SSSR count). The Labute approximate surface area is 241 Å². The number of H-pyrrole nitrogens is 1. The number of aliphatic imine (C=N–C) groups is 1. The van der Waals surface area contributed by atoms with Gasteiger partial charge in [-0.25, -0.2) is 4.79 Å². The van der Waals surface area contributed by atoms with Crippen LogP contribution in [0, 0.1) is 0 Å². The molecule has 0 aliphatic carbocycles. The predicted molar refractivity (Wildman–Crippen MR) is 168 cm³/mol. The minimum Gasteiger partial charge on any atom is -0.370 e. The molecule has 0 radical (unpaired) electrons. The highest BCUT2D eigenvalue weighted by Gasteiger charge is 2.11. The molecule has 10 heteroatoms. The van der Waals surface area contributed by atoms with Gasteiger partial charge >= 0.3 is 5.69 Å². The number of unbranched alkanes of at least 4 members (excludes halogenated alkanes) is 1. The number of nitrogens with two attached hydrogens (primary N) is 3. The summed E-state index contributed by atoms with van der Waals surface area (Å²) in [6, 6.07) is 16.8. The second kappa shape index (κ2) is 15.1. The van der Waals surface area contributed by atoms with E-state index in [0.717, 1.165) is 86.2 Å². The molecule has 0 unspecified atom stereocenters. The van der Waals surface area contributed by atoms with E-state index >= 15 is 0 Å². The van der Waals surface area contributed by atoms with Crippen LogP contribution in [0.15, 0.2) is 64.5 Å². The first-order valence-electron chi connectivity index (χ1n) is 14.5. The molecule has 0 amide bonds. The van der Waals surface area contributed by atoms with Gasteiger partial charge in [-0.2, -0.15) is 4.98 Å². The van der Waals surface area contributed by atoms with Crippen molar-refractivity contribution in [2.24, 2.45) is 22.2 Å². The molecule has 2 heterocycles. The molecule has 0 aliphatic rings. The van der Waals surface area contributed by atoms with E-state index in [0.29, 0.717) is 18.7 Å². The van der Waals surface area contributed by atoms with Crippen molar-refractivity contribution in [3.63, 3.8) is 0 Å². The third kappa shape index (κ3) is 8.75. The number of aromatic nitrogens is 3. The Hall–Kier alpha value is -3.99. The van der Waals surface area contributed by atoms with E-state index in [4.69, 9.17) is 17.2 Å². The van der Waals surface area contributed by atoms with Gasteiger partial charge in [-0.1, -0.05) is 25.1 Å². The SMILES string of the molecule is CCNCCc1cc(CCCCN)cc(-c2cc3cn(-c4ccc(CNCCCN=C(N)N)cc4)c(=O)nc3[nH]2)c1. The van der Waals surface area contributed by atoms with E-state index in [1.54, 1.807) is 4.57 Å². The van der Waals surface area contributed by atoms with Crippen molar-refractivity contribution in [3.8, 4) is 16.9 Å². The largest absolute Gasteiger partial charge is 0.370 e. The number of likely N-dealkylation sites (N-methyl/N-ethyl adjacent to an activating group) is 1. The fraction of sp³-hybridized carbons (Fsp3) is 0.387. The van der Waals surface area contributed by atoms with Gasteiger partial charge in [0.05, 0.1) is 5.69 Å². The maximum atomic E-state index is 13.0. The lowest BCUT2D eigenvalue weighted by Gasteiger charge is -2.10. The van der Waals surface area contributed by atoms with Gasteiger partial charge in [0.2, 0.25) is 0 Å². The summed E-state index contributed by atoms with van der Waals surface area (Å²) in [5, 5.41) is 7.68. The van der Waals surface area contributed by atoms with Crippen LogP contribution in [0.1, 0.15) is 42.9 Å². The zero-order valence-electron chi connectivity index (χ0n) is 24.0. The van der Waals surface area contributed by atoms with Crippen molar-refractivity contribution in [2.75, 3.05) is 32.7 Å². The highest BCUT2D eigenvalue weighted by molar-refractivity contribution is 5.82. The summed E-state index contributed by atoms with van der Waals surface area (Å²) in [7, 11) is 0. The van der Waals surface area contributed by atoms with Crippen LogP contribution in [0.5, 0.6) is 0 Å². The number of hydrogen-bond acceptors (Lipinski definition) is 6. The summed E-state index contributed by atoms with van der Waals surface area (Å²) in [6.07, 6.45) is 6.74. The molecule has 0 saturated carbocycles. The minimum absolute atomic E-state index is 0.118. The van der Waals surface area contributed by atoms with Crippen molar-refractivity contribution in [1.82, 2.24) is 25.2 Å². The van der Waals surface area contributed by atoms with E-state index in [-0.39, 0.29) is 11.6 Å². The number of rotatable bonds is 16. The molecular formula is C31H43N9O. The lowest BCUT2D eigenvalue weighted by atomic mass is 9.98. The number of aromatic amines is 1. The maximum Gasteiger partial charge on any atom is 0.354 e. The summed E-state index contributed by atoms with van der Waals surface area (Å²) in [6.45, 7) is 6.85. The van der Waals surface area contributed by atoms with E-state index in [2.05, 4.69) is 56.8 Å². The number of benzene rings is 2. The molecule has 10 nitrogen and oxygen atoms in total. The van der Waals surface area contributed by atoms with Crippen LogP contribution in [0.2, 0.25) is 0 Å². The molecule has 0 spiro atoms. The Morgan fingerprint density at radius 2 is 1.73 bits per heavy atom. The smallest absolute Gasteiger partial charge is 0.354 e. The molecule has 218 valence electrons. The van der Waals surface area contributed by atoms with Crippen molar-refractivity contribution in [2.45, 2.75) is 45.6 Å². The zero-order chi connectivity index (χ0) is 29.0. The molecule has 9 N–H and O–H groups in total. The Bertz CT molecular complexity index is 1460. The molecule has 41 heavy (non-hydrogen) atoms. The van der Waals surface area contributed by atoms with Crippen molar-refractivity contribution in [3.05, 3.63) is 81.9 Å². The summed E-state index contributed by atoms with van der Waals surface area (Å²) in [5.74, 6) is 0.118. The van der Waals surface area contributed by atoms with Crippen molar-refractivity contribution < 1.29 is 0 Å². The number of hydrogen-bond donors (Lipinski definition) is 6. The number of nitrogens with one attached hydrogen (secondary N) is 3. The van der Waals surface area contributed by atoms with Crippen LogP contribution >= 0.6 is 0 Å². The molecule has 0 bridgehead atoms. The number of guanidine groups is 1. The highest BCUT2D eigenvalue weighted by atomic mass is 16.1. The van der Waals surface area contributed by atoms with E-state index < -0.39 is 0 Å². The summed E-state index contributed by atoms with van der Waals surface area (Å²) >= 11 is 0. The van der Waals surface area contributed by atoms with Crippen LogP contribution in [-0.2, 0) is 19.4 Å². The first-order chi connectivity index (χ1) is 20.0. The van der Waals surface area contributed by atoms with Gasteiger partial charge in [0.25, 0.3) is 0 Å². The van der Waals surface area contributed by atoms with E-state index in [1.165, 1.54) is 11.1 Å². The molecule has 0 fully saturated rings. The molecule has 0 aliphatic heterocycles. The average molecular weight is 558 g/mol. The first kappa shape index (κ1) is 30.0. The summed E-state index contributed by atoms with van der Waals surface area (Å²) < 4.78 is 1.59. The molecule has 2 aromatic carbocycles. The quantitative estimate of drug-likeness (QED) is 0.0700. The monoisotopic (exact) mass is 557 g/mol. The van der Waals surface area contributed by atoms with Gasteiger partial charge in [0, 0.05) is 30.4 Å². The lowest BCUT2D eigenvalue weighted by Crippen LogP contribution is -2.23. The van der Waals surface area contributed by atoms with E-state index in [9.17, 15) is 4.79 Å². The van der Waals surface area contributed by atoms with Crippen LogP contribution < -0.4 is 33.5 Å². The number of nitrogens with zero attached hydrogens (tertiary/aromatic N) is 3. The van der Waals surface area contributed by atoms with Gasteiger partial charge < -0.3 is 32.8 Å². The molecule has 0 atom stereocenters. The van der Waals surface area contributed by atoms with Gasteiger partial charge in [-0.05, 0) is 111 Å². The molecular weight excluding hydrogens is 514 g/mol. The summed E-state index contributed by atoms with van der Waals surface area (Å²) in [4.78, 5) is 24.7. The Morgan fingerprint density at radius 1 is 0.951 bits per heavy atom. The van der Waals surface area contributed by atoms with Gasteiger partial charge in [-0.3, -0.25) is 9.56 Å². The van der Waals surface area contributed by atoms with Gasteiger partial charge in [0.1, 0.15) is 5.65 Å². The van der Waals surface area contributed by atoms with Crippen LogP contribution in [0.3, 0.4) is 0 Å². The fourth-order valence-corrected chi connectivity index (χ4v) is 4.84. The molecule has 4 aromatic rings. The standard InChI is InChI=1S/C31H43N9O/c1-2-35-15-11-24-16-23(6-3-4-12-32)17-25(18-24)28-19-26-21-40(31(41)39-29(26)38-28)27-9-7-22(8-10-27)20-36-13-5-14-37-30(33)34/h7-10,16-19,21,35-36H,2-6,11-15,20,32H2,1H3,(H4,33,34,37)(H,38,39,41). The van der Waals surface area contributed by atoms with Gasteiger partial charge in [-0.15, -0.1) is 0 Å². The predicted octanol–water partition coefficient (Wildman–Crippen LogP) is 2.57. The number of aryl methyl sites for hydroxylation is 1. The van der Waals surface area contributed by atoms with Crippen molar-refractivity contribution in [1.29, 1.82) is 0 Å². The lowest BCUT2D eigenvalue weighted by molar-refractivity contribution is 0.655. The fourth-order valence-electron chi connectivity index (χ4n) is 4.84. The second-order valence-corrected chi connectivity index (χ2v) is 10.3. The Balaban J connectivity index is 1.51. The van der Waals surface area contributed by atoms with Crippen LogP contribution in [0.4, 0.5) is 0 Å². The maximum absolute atomic E-state index is 13.0. The zero-order valence-corrected chi connectivity index (χ0v) is 24.0.